The van der Waals surface area contributed by atoms with Gasteiger partial charge in [0, 0.05) is 87.4 Å². The molecule has 3 saturated heterocycles. The maximum absolute atomic E-state index is 13.1. The predicted octanol–water partition coefficient (Wildman–Crippen LogP) is 4.31. The highest BCUT2D eigenvalue weighted by Gasteiger charge is 2.39. The zero-order valence-electron chi connectivity index (χ0n) is 37.8. The monoisotopic (exact) mass is 905 g/mol. The molecule has 18 heteroatoms. The van der Waals surface area contributed by atoms with Crippen LogP contribution >= 0.6 is 7.14 Å². The number of para-hydroxylation sites is 1. The normalized spacial score (nSPS) is 21.0. The first kappa shape index (κ1) is 45.5. The summed E-state index contributed by atoms with van der Waals surface area (Å²) in [5, 5.41) is 14.1. The van der Waals surface area contributed by atoms with Gasteiger partial charge in [-0.05, 0) is 93.3 Å². The summed E-state index contributed by atoms with van der Waals surface area (Å²) in [7, 11) is -0.857. The van der Waals surface area contributed by atoms with E-state index in [1.165, 1.54) is 11.3 Å². The Labute approximate surface area is 380 Å². The second-order valence-electron chi connectivity index (χ2n) is 17.3. The number of piperidine rings is 2. The molecule has 1 unspecified atom stereocenters. The van der Waals surface area contributed by atoms with Gasteiger partial charge >= 0.3 is 0 Å². The minimum atomic E-state index is -2.55. The molecule has 3 aromatic rings. The number of carbonyl (C=O) groups is 3. The van der Waals surface area contributed by atoms with Gasteiger partial charge in [0.15, 0.2) is 5.84 Å². The van der Waals surface area contributed by atoms with Crippen molar-refractivity contribution in [1.82, 2.24) is 25.4 Å². The molecule has 65 heavy (non-hydrogen) atoms. The van der Waals surface area contributed by atoms with Crippen LogP contribution in [0.2, 0.25) is 0 Å². The summed E-state index contributed by atoms with van der Waals surface area (Å²) < 4.78 is 25.0. The van der Waals surface area contributed by atoms with Crippen molar-refractivity contribution in [3.63, 3.8) is 0 Å². The highest BCUT2D eigenvalue weighted by atomic mass is 31.2. The van der Waals surface area contributed by atoms with Gasteiger partial charge < -0.3 is 34.5 Å². The predicted molar refractivity (Wildman–Crippen MR) is 257 cm³/mol. The number of ether oxygens (including phenoxy) is 2. The number of anilines is 3. The number of benzene rings is 3. The van der Waals surface area contributed by atoms with Crippen LogP contribution in [0.4, 0.5) is 17.1 Å². The fraction of sp³-hybridized carbons (Fsp3) is 0.447. The molecule has 3 aromatic carbocycles. The number of carbonyl (C=O) groups excluding carboxylic acids is 3. The second-order valence-corrected chi connectivity index (χ2v) is 20.5. The summed E-state index contributed by atoms with van der Waals surface area (Å²) in [4.78, 5) is 55.2. The van der Waals surface area contributed by atoms with Crippen molar-refractivity contribution < 1.29 is 28.4 Å². The summed E-state index contributed by atoms with van der Waals surface area (Å²) in [5.41, 5.74) is 9.05. The van der Waals surface area contributed by atoms with E-state index >= 15 is 0 Å². The molecule has 0 radical (unpaired) electrons. The van der Waals surface area contributed by atoms with Gasteiger partial charge in [-0.1, -0.05) is 19.1 Å². The molecule has 0 saturated carbocycles. The summed E-state index contributed by atoms with van der Waals surface area (Å²) in [5.74, 6) is 1.58. The van der Waals surface area contributed by atoms with Crippen molar-refractivity contribution in [2.75, 3.05) is 95.1 Å². The fourth-order valence-corrected chi connectivity index (χ4v) is 10.6. The smallest absolute Gasteiger partial charge is 0.255 e. The molecule has 0 bridgehead atoms. The van der Waals surface area contributed by atoms with E-state index < -0.39 is 19.1 Å². The number of amidine groups is 1. The van der Waals surface area contributed by atoms with Crippen molar-refractivity contribution in [2.45, 2.75) is 57.7 Å². The molecule has 3 fully saturated rings. The van der Waals surface area contributed by atoms with Gasteiger partial charge in [0.25, 0.3) is 5.91 Å². The molecule has 1 atom stereocenters. The van der Waals surface area contributed by atoms with Gasteiger partial charge in [0.2, 0.25) is 11.8 Å². The number of methoxy groups -OCH3 is 1. The number of fused-ring (bicyclic) bond motifs is 1. The van der Waals surface area contributed by atoms with E-state index in [-0.39, 0.29) is 24.9 Å². The Morgan fingerprint density at radius 2 is 1.77 bits per heavy atom. The van der Waals surface area contributed by atoms with Crippen LogP contribution in [0.3, 0.4) is 0 Å². The number of hydrazone groups is 1. The number of hydrogen-bond acceptors (Lipinski definition) is 14. The molecule has 4 N–H and O–H groups in total. The highest BCUT2D eigenvalue weighted by molar-refractivity contribution is 7.70. The summed E-state index contributed by atoms with van der Waals surface area (Å²) in [6, 6.07) is 17.2. The topological polar surface area (TPSA) is 185 Å². The molecule has 5 aliphatic rings. The summed E-state index contributed by atoms with van der Waals surface area (Å²) in [6.45, 7) is 17.4. The Morgan fingerprint density at radius 3 is 2.49 bits per heavy atom. The molecule has 0 aromatic heterocycles. The molecule has 344 valence electrons. The number of nitrogens with one attached hydrogen (secondary N) is 4. The van der Waals surface area contributed by atoms with Gasteiger partial charge in [-0.3, -0.25) is 34.9 Å². The number of hydrogen-bond donors (Lipinski definition) is 4. The number of amides is 3. The van der Waals surface area contributed by atoms with Crippen LogP contribution in [0.15, 0.2) is 81.1 Å². The summed E-state index contributed by atoms with van der Waals surface area (Å²) >= 11 is 0. The Kier molecular flexibility index (Phi) is 14.0. The van der Waals surface area contributed by atoms with Gasteiger partial charge in [0.1, 0.15) is 43.8 Å². The van der Waals surface area contributed by atoms with Gasteiger partial charge in [-0.25, -0.2) is 9.98 Å². The van der Waals surface area contributed by atoms with Crippen LogP contribution in [-0.4, -0.2) is 143 Å². The number of aryl methyl sites for hydroxylation is 1. The van der Waals surface area contributed by atoms with E-state index in [4.69, 9.17) is 14.5 Å². The van der Waals surface area contributed by atoms with Crippen LogP contribution in [0.1, 0.15) is 54.1 Å². The van der Waals surface area contributed by atoms with E-state index in [1.54, 1.807) is 37.6 Å². The molecule has 0 aliphatic carbocycles. The lowest BCUT2D eigenvalue weighted by atomic mass is 9.99. The van der Waals surface area contributed by atoms with Crippen LogP contribution in [-0.2, 0) is 27.1 Å². The Balaban J connectivity index is 0.800. The minimum absolute atomic E-state index is 0.180. The molecule has 5 heterocycles. The Morgan fingerprint density at radius 1 is 0.985 bits per heavy atom. The van der Waals surface area contributed by atoms with E-state index in [1.807, 2.05) is 36.4 Å². The van der Waals surface area contributed by atoms with E-state index in [0.717, 1.165) is 87.4 Å². The third-order valence-electron chi connectivity index (χ3n) is 13.0. The average Bonchev–Trinajstić information content (AvgIpc) is 3.91. The number of aliphatic imine (C=N–C) groups is 2. The highest BCUT2D eigenvalue weighted by Crippen LogP contribution is 2.39. The Hall–Kier alpha value is -6.03. The number of rotatable bonds is 16. The largest absolute Gasteiger partial charge is 0.495 e. The van der Waals surface area contributed by atoms with Crippen molar-refractivity contribution in [1.29, 1.82) is 0 Å². The lowest BCUT2D eigenvalue weighted by Gasteiger charge is -2.43. The van der Waals surface area contributed by atoms with Crippen LogP contribution in [0.25, 0.3) is 0 Å². The fourth-order valence-electron chi connectivity index (χ4n) is 9.40. The van der Waals surface area contributed by atoms with Gasteiger partial charge in [-0.15, -0.1) is 0 Å². The molecule has 5 aliphatic heterocycles. The van der Waals surface area contributed by atoms with E-state index in [0.29, 0.717) is 59.8 Å². The van der Waals surface area contributed by atoms with Crippen molar-refractivity contribution in [3.8, 4) is 11.5 Å². The van der Waals surface area contributed by atoms with Crippen molar-refractivity contribution >= 4 is 66.0 Å². The molecule has 8 rings (SSSR count). The maximum atomic E-state index is 13.1. The lowest BCUT2D eigenvalue weighted by molar-refractivity contribution is -0.136. The molecule has 3 amide bonds. The standard InChI is InChI=1S/C47H60N11O6P/c1-6-31-26-38(49-30-50-45-36(28-51-54-45)44(48-2)52-37-9-7-8-10-42(37)65(4,5)62)41(63-3)27-40(31)57-17-15-33(16-18-57)56-21-19-55(20-22-56)23-24-64-34-11-12-35-32(25-34)29-58(47(35)61)39-13-14-43(59)53-46(39)60/h7-12,25-28,33,39,49,52H,2,6,13-24,29-30H2,1,3-5H3,(H,50,54)(H,53,59,60)/b44-36+. The first-order valence-electron chi connectivity index (χ1n) is 22.5. The minimum Gasteiger partial charge on any atom is -0.495 e. The molecular formula is C47H60N11O6P. The van der Waals surface area contributed by atoms with Crippen LogP contribution in [0.5, 0.6) is 11.5 Å². The third-order valence-corrected chi connectivity index (χ3v) is 14.5. The molecule has 0 spiro atoms. The SMILES string of the molecule is C=N/C(Nc1ccccc1P(C)(C)=O)=C1/C=NN/C1=N/CNc1cc(CC)c(N2CCC(N3CCN(CCOc4ccc5c(c4)CN(C4CCC(=O)NC4=O)C5=O)CC3)CC2)cc1OC. The van der Waals surface area contributed by atoms with Crippen molar-refractivity contribution in [2.24, 2.45) is 15.1 Å². The van der Waals surface area contributed by atoms with Gasteiger partial charge in [0.05, 0.1) is 30.3 Å². The number of piperazine rings is 1. The van der Waals surface area contributed by atoms with E-state index in [2.05, 4.69) is 71.9 Å². The number of imide groups is 1. The van der Waals surface area contributed by atoms with E-state index in [9.17, 15) is 18.9 Å². The lowest BCUT2D eigenvalue weighted by Crippen LogP contribution is -2.53. The van der Waals surface area contributed by atoms with Crippen LogP contribution < -0.4 is 41.1 Å². The number of nitrogens with zero attached hydrogens (tertiary/aromatic N) is 7. The quantitative estimate of drug-likeness (QED) is 0.0909. The summed E-state index contributed by atoms with van der Waals surface area (Å²) in [6.07, 6.45) is 5.28. The van der Waals surface area contributed by atoms with Crippen LogP contribution in [0, 0.1) is 0 Å². The zero-order chi connectivity index (χ0) is 45.7. The molecule has 17 nitrogen and oxygen atoms in total. The maximum Gasteiger partial charge on any atom is 0.255 e. The zero-order valence-corrected chi connectivity index (χ0v) is 38.7. The first-order valence-corrected chi connectivity index (χ1v) is 25.1. The second kappa shape index (κ2) is 20.0. The molecular weight excluding hydrogens is 846 g/mol. The average molecular weight is 906 g/mol. The van der Waals surface area contributed by atoms with Gasteiger partial charge in [-0.2, -0.15) is 5.10 Å². The first-order chi connectivity index (χ1) is 31.4. The Bertz CT molecular complexity index is 2450. The van der Waals surface area contributed by atoms with Crippen molar-refractivity contribution in [3.05, 3.63) is 82.7 Å². The third kappa shape index (κ3) is 10.3.